The SMILES string of the molecule is CC1C[CH2][Pb][CH2]1.COCc1nc2ccnc(Nc3cc(C)[nH]n3)c2s1. The van der Waals surface area contributed by atoms with Crippen molar-refractivity contribution in [2.45, 2.75) is 34.8 Å². The summed E-state index contributed by atoms with van der Waals surface area (Å²) in [5, 5.41) is 11.2. The number of ether oxygens (including phenoxy) is 1. The molecule has 1 aliphatic rings. The molecular formula is C17H23N5OPbS. The van der Waals surface area contributed by atoms with Crippen LogP contribution in [0.2, 0.25) is 7.96 Å². The van der Waals surface area contributed by atoms with Crippen LogP contribution in [-0.4, -0.2) is 51.5 Å². The quantitative estimate of drug-likeness (QED) is 0.475. The van der Waals surface area contributed by atoms with Crippen molar-refractivity contribution in [2.75, 3.05) is 12.4 Å². The molecule has 0 aliphatic carbocycles. The molecule has 3 aromatic rings. The Kier molecular flexibility index (Phi) is 6.77. The summed E-state index contributed by atoms with van der Waals surface area (Å²) in [6.45, 7) is 4.86. The van der Waals surface area contributed by atoms with Gasteiger partial charge in [-0.05, 0) is 13.0 Å². The molecule has 132 valence electrons. The number of fused-ring (bicyclic) bond motifs is 1. The first-order valence-electron chi connectivity index (χ1n) is 8.39. The normalized spacial score (nSPS) is 16.7. The van der Waals surface area contributed by atoms with Gasteiger partial charge in [0.25, 0.3) is 0 Å². The molecule has 1 aliphatic heterocycles. The van der Waals surface area contributed by atoms with E-state index in [1.165, 1.54) is 0 Å². The predicted molar refractivity (Wildman–Crippen MR) is 104 cm³/mol. The fourth-order valence-electron chi connectivity index (χ4n) is 2.58. The molecule has 0 bridgehead atoms. The van der Waals surface area contributed by atoms with Gasteiger partial charge in [-0.15, -0.1) is 11.3 Å². The molecule has 1 fully saturated rings. The number of nitrogens with one attached hydrogen (secondary N) is 2. The zero-order chi connectivity index (χ0) is 17.6. The molecule has 25 heavy (non-hydrogen) atoms. The van der Waals surface area contributed by atoms with Crippen molar-refractivity contribution in [1.82, 2.24) is 20.2 Å². The van der Waals surface area contributed by atoms with Crippen LogP contribution < -0.4 is 5.32 Å². The van der Waals surface area contributed by atoms with E-state index in [0.29, 0.717) is 6.61 Å². The van der Waals surface area contributed by atoms with Gasteiger partial charge in [-0.25, -0.2) is 9.97 Å². The number of hydrogen-bond donors (Lipinski definition) is 2. The number of pyridine rings is 1. The summed E-state index contributed by atoms with van der Waals surface area (Å²) in [5.74, 6) is 2.65. The average molecular weight is 553 g/mol. The maximum Gasteiger partial charge on any atom is 0.153 e. The van der Waals surface area contributed by atoms with Crippen molar-refractivity contribution in [3.8, 4) is 0 Å². The molecule has 0 aromatic carbocycles. The van der Waals surface area contributed by atoms with Gasteiger partial charge in [0.1, 0.15) is 5.01 Å². The van der Waals surface area contributed by atoms with Gasteiger partial charge in [-0.2, -0.15) is 5.10 Å². The molecule has 2 radical (unpaired) electrons. The number of H-pyrrole nitrogens is 1. The first-order chi connectivity index (χ1) is 12.2. The molecule has 2 N–H and O–H groups in total. The number of nitrogens with zero attached hydrogens (tertiary/aromatic N) is 3. The third-order valence-electron chi connectivity index (χ3n) is 3.88. The number of hydrogen-bond acceptors (Lipinski definition) is 6. The number of aromatic amines is 1. The summed E-state index contributed by atoms with van der Waals surface area (Å²) < 4.78 is 9.48. The van der Waals surface area contributed by atoms with Crippen molar-refractivity contribution in [2.24, 2.45) is 5.92 Å². The van der Waals surface area contributed by atoms with Crippen LogP contribution in [-0.2, 0) is 11.3 Å². The third-order valence-corrected chi connectivity index (χ3v) is 11.3. The van der Waals surface area contributed by atoms with E-state index in [-0.39, 0.29) is 24.2 Å². The number of aromatic nitrogens is 4. The van der Waals surface area contributed by atoms with Crippen molar-refractivity contribution in [3.63, 3.8) is 0 Å². The Bertz CT molecular complexity index is 812. The summed E-state index contributed by atoms with van der Waals surface area (Å²) in [4.78, 5) is 8.84. The standard InChI is InChI=1S/C12H13N5OS.C5H10.Pb/c1-7-5-9(17-16-7)15-12-11-8(3-4-13-12)14-10(19-11)6-18-2;1-4-5(2)3;/h3-5H,6H2,1-2H3,(H2,13,15,16,17);5H,1-2,4H2,3H3;. The van der Waals surface area contributed by atoms with Gasteiger partial charge in [-0.3, -0.25) is 5.10 Å². The van der Waals surface area contributed by atoms with Gasteiger partial charge in [-0.1, -0.05) is 0 Å². The zero-order valence-corrected chi connectivity index (χ0v) is 19.5. The van der Waals surface area contributed by atoms with Crippen LogP contribution in [0.3, 0.4) is 0 Å². The topological polar surface area (TPSA) is 75.7 Å². The Morgan fingerprint density at radius 1 is 1.48 bits per heavy atom. The second-order valence-corrected chi connectivity index (χ2v) is 12.8. The van der Waals surface area contributed by atoms with Crippen molar-refractivity contribution in [1.29, 1.82) is 0 Å². The van der Waals surface area contributed by atoms with E-state index < -0.39 is 0 Å². The van der Waals surface area contributed by atoms with Crippen LogP contribution in [0.25, 0.3) is 10.2 Å². The molecule has 8 heteroatoms. The summed E-state index contributed by atoms with van der Waals surface area (Å²) in [7, 11) is 1.66. The molecule has 1 unspecified atom stereocenters. The zero-order valence-electron chi connectivity index (χ0n) is 14.8. The monoisotopic (exact) mass is 553 g/mol. The molecule has 1 saturated heterocycles. The van der Waals surface area contributed by atoms with Crippen molar-refractivity contribution >= 4 is 57.4 Å². The van der Waals surface area contributed by atoms with Crippen molar-refractivity contribution < 1.29 is 4.74 Å². The fraction of sp³-hybridized carbons (Fsp3) is 0.471. The molecule has 6 nitrogen and oxygen atoms in total. The number of thiazole rings is 1. The van der Waals surface area contributed by atoms with Crippen LogP contribution >= 0.6 is 11.3 Å². The second-order valence-electron chi connectivity index (χ2n) is 6.21. The van der Waals surface area contributed by atoms with E-state index in [1.807, 2.05) is 19.1 Å². The first kappa shape index (κ1) is 18.7. The summed E-state index contributed by atoms with van der Waals surface area (Å²) in [5.41, 5.74) is 1.92. The van der Waals surface area contributed by atoms with Gasteiger partial charge < -0.3 is 10.1 Å². The van der Waals surface area contributed by atoms with E-state index in [4.69, 9.17) is 4.74 Å². The molecule has 4 heterocycles. The number of methoxy groups -OCH3 is 1. The van der Waals surface area contributed by atoms with Crippen LogP contribution in [0.15, 0.2) is 18.3 Å². The third kappa shape index (κ3) is 5.21. The fourth-order valence-corrected chi connectivity index (χ4v) is 9.77. The maximum atomic E-state index is 5.11. The molecule has 4 rings (SSSR count). The van der Waals surface area contributed by atoms with Crippen LogP contribution in [0, 0.1) is 12.8 Å². The minimum absolute atomic E-state index is 0.0992. The van der Waals surface area contributed by atoms with Gasteiger partial charge in [0, 0.05) is 25.1 Å². The molecular weight excluding hydrogens is 529 g/mol. The maximum absolute atomic E-state index is 5.11. The number of anilines is 2. The van der Waals surface area contributed by atoms with E-state index in [2.05, 4.69) is 32.4 Å². The summed E-state index contributed by atoms with van der Waals surface area (Å²) >= 11 is 1.67. The minimum Gasteiger partial charge on any atom is -0.378 e. The molecule has 3 aromatic heterocycles. The van der Waals surface area contributed by atoms with E-state index in [9.17, 15) is 0 Å². The Morgan fingerprint density at radius 2 is 2.36 bits per heavy atom. The largest absolute Gasteiger partial charge is 0.378 e. The Balaban J connectivity index is 0.000000258. The Morgan fingerprint density at radius 3 is 2.96 bits per heavy atom. The predicted octanol–water partition coefficient (Wildman–Crippen LogP) is 4.18. The molecule has 0 spiro atoms. The second kappa shape index (κ2) is 9.04. The van der Waals surface area contributed by atoms with Gasteiger partial charge in [0.05, 0.1) is 16.8 Å². The van der Waals surface area contributed by atoms with Crippen LogP contribution in [0.1, 0.15) is 24.0 Å². The summed E-state index contributed by atoms with van der Waals surface area (Å²) in [6.07, 6.45) is 3.31. The average Bonchev–Trinajstić information content (AvgIpc) is 3.30. The summed E-state index contributed by atoms with van der Waals surface area (Å²) in [6, 6.07) is 3.82. The first-order valence-corrected chi connectivity index (χ1v) is 14.7. The van der Waals surface area contributed by atoms with Crippen molar-refractivity contribution in [3.05, 3.63) is 29.0 Å². The van der Waals surface area contributed by atoms with E-state index in [1.54, 1.807) is 39.0 Å². The minimum atomic E-state index is 0.0992. The van der Waals surface area contributed by atoms with Crippen LogP contribution in [0.4, 0.5) is 11.6 Å². The van der Waals surface area contributed by atoms with Gasteiger partial charge in [0.15, 0.2) is 11.6 Å². The molecule has 0 saturated carbocycles. The number of aryl methyl sites for hydroxylation is 1. The van der Waals surface area contributed by atoms with Gasteiger partial charge in [0.2, 0.25) is 0 Å². The Hall–Kier alpha value is -1.07. The van der Waals surface area contributed by atoms with E-state index >= 15 is 0 Å². The smallest absolute Gasteiger partial charge is 0.153 e. The van der Waals surface area contributed by atoms with E-state index in [0.717, 1.165) is 38.5 Å². The molecule has 1 atom stereocenters. The van der Waals surface area contributed by atoms with Gasteiger partial charge >= 0.3 is 51.5 Å². The molecule has 0 amide bonds. The number of rotatable bonds is 4. The van der Waals surface area contributed by atoms with Crippen LogP contribution in [0.5, 0.6) is 0 Å². The Labute approximate surface area is 164 Å².